The highest BCUT2D eigenvalue weighted by atomic mass is 35.5. The molecule has 0 aliphatic heterocycles. The van der Waals surface area contributed by atoms with Crippen LogP contribution in [0.4, 0.5) is 8.78 Å². The highest BCUT2D eigenvalue weighted by Crippen LogP contribution is 2.12. The summed E-state index contributed by atoms with van der Waals surface area (Å²) in [4.78, 5) is 0. The van der Waals surface area contributed by atoms with Gasteiger partial charge in [0.05, 0.1) is 13.1 Å². The van der Waals surface area contributed by atoms with Crippen molar-refractivity contribution in [1.29, 1.82) is 0 Å². The minimum Gasteiger partial charge on any atom is -0.325 e. The summed E-state index contributed by atoms with van der Waals surface area (Å²) >= 11 is 0. The number of alkyl halides is 2. The van der Waals surface area contributed by atoms with E-state index in [4.69, 9.17) is 5.73 Å². The Kier molecular flexibility index (Phi) is 8.27. The molecule has 21 heavy (non-hydrogen) atoms. The molecule has 0 atom stereocenters. The molecule has 0 unspecified atom stereocenters. The number of hydrogen-bond acceptors (Lipinski definition) is 3. The van der Waals surface area contributed by atoms with Crippen molar-refractivity contribution >= 4 is 22.6 Å². The maximum absolute atomic E-state index is 13.0. The molecule has 1 rings (SSSR count). The SMILES string of the molecule is CCN(Cc1ccccc1)S(=O)(=O)NCC(F)(F)CN.Cl. The molecule has 5 nitrogen and oxygen atoms in total. The quantitative estimate of drug-likeness (QED) is 0.748. The number of nitrogens with zero attached hydrogens (tertiary/aromatic N) is 1. The lowest BCUT2D eigenvalue weighted by molar-refractivity contribution is 0.0166. The van der Waals surface area contributed by atoms with Gasteiger partial charge in [0, 0.05) is 13.1 Å². The Balaban J connectivity index is 0.00000400. The molecule has 0 amide bonds. The molecule has 122 valence electrons. The largest absolute Gasteiger partial charge is 0.325 e. The van der Waals surface area contributed by atoms with Crippen LogP contribution < -0.4 is 10.5 Å². The van der Waals surface area contributed by atoms with E-state index in [0.29, 0.717) is 0 Å². The molecule has 0 saturated carbocycles. The van der Waals surface area contributed by atoms with Crippen LogP contribution in [0, 0.1) is 0 Å². The van der Waals surface area contributed by atoms with Crippen LogP contribution in [-0.4, -0.2) is 38.3 Å². The van der Waals surface area contributed by atoms with Crippen LogP contribution in [0.25, 0.3) is 0 Å². The lowest BCUT2D eigenvalue weighted by Gasteiger charge is -2.22. The fourth-order valence-electron chi connectivity index (χ4n) is 1.51. The summed E-state index contributed by atoms with van der Waals surface area (Å²) in [6, 6.07) is 8.92. The Morgan fingerprint density at radius 1 is 1.29 bits per heavy atom. The summed E-state index contributed by atoms with van der Waals surface area (Å²) in [6.07, 6.45) is 0. The molecular formula is C12H20ClF2N3O2S. The van der Waals surface area contributed by atoms with Crippen molar-refractivity contribution in [2.75, 3.05) is 19.6 Å². The van der Waals surface area contributed by atoms with Gasteiger partial charge >= 0.3 is 0 Å². The normalized spacial score (nSPS) is 12.2. The van der Waals surface area contributed by atoms with Crippen molar-refractivity contribution in [3.8, 4) is 0 Å². The average molecular weight is 344 g/mol. The standard InChI is InChI=1S/C12H19F2N3O2S.ClH/c1-2-17(8-11-6-4-3-5-7-11)20(18,19)16-10-12(13,14)9-15;/h3-7,16H,2,8-10,15H2,1H3;1H. The van der Waals surface area contributed by atoms with Crippen LogP contribution in [0.1, 0.15) is 12.5 Å². The topological polar surface area (TPSA) is 75.4 Å². The first kappa shape index (κ1) is 20.2. The van der Waals surface area contributed by atoms with E-state index in [-0.39, 0.29) is 25.5 Å². The zero-order valence-electron chi connectivity index (χ0n) is 11.6. The van der Waals surface area contributed by atoms with Crippen LogP contribution >= 0.6 is 12.4 Å². The van der Waals surface area contributed by atoms with Crippen molar-refractivity contribution in [2.45, 2.75) is 19.4 Å². The van der Waals surface area contributed by atoms with E-state index in [1.165, 1.54) is 0 Å². The molecule has 0 bridgehead atoms. The predicted molar refractivity (Wildman–Crippen MR) is 80.7 cm³/mol. The minimum atomic E-state index is -3.97. The summed E-state index contributed by atoms with van der Waals surface area (Å²) in [6.45, 7) is 0.0417. The molecular weight excluding hydrogens is 324 g/mol. The van der Waals surface area contributed by atoms with Crippen LogP contribution in [0.5, 0.6) is 0 Å². The van der Waals surface area contributed by atoms with E-state index in [1.807, 2.05) is 10.8 Å². The Bertz CT molecular complexity index is 514. The minimum absolute atomic E-state index is 0. The molecule has 0 aromatic heterocycles. The smallest absolute Gasteiger partial charge is 0.279 e. The number of nitrogens with two attached hydrogens (primary N) is 1. The van der Waals surface area contributed by atoms with E-state index in [9.17, 15) is 17.2 Å². The van der Waals surface area contributed by atoms with Gasteiger partial charge in [0.1, 0.15) is 0 Å². The molecule has 3 N–H and O–H groups in total. The second kappa shape index (κ2) is 8.60. The first-order valence-corrected chi connectivity index (χ1v) is 7.61. The lowest BCUT2D eigenvalue weighted by atomic mass is 10.2. The van der Waals surface area contributed by atoms with Gasteiger partial charge in [-0.1, -0.05) is 37.3 Å². The molecule has 9 heteroatoms. The van der Waals surface area contributed by atoms with Gasteiger partial charge in [-0.3, -0.25) is 0 Å². The van der Waals surface area contributed by atoms with Crippen molar-refractivity contribution in [1.82, 2.24) is 9.03 Å². The van der Waals surface area contributed by atoms with Gasteiger partial charge in [0.15, 0.2) is 0 Å². The maximum Gasteiger partial charge on any atom is 0.279 e. The van der Waals surface area contributed by atoms with E-state index in [2.05, 4.69) is 0 Å². The molecule has 0 spiro atoms. The molecule has 1 aromatic rings. The molecule has 0 aliphatic carbocycles. The Labute approximate surface area is 130 Å². The van der Waals surface area contributed by atoms with Crippen molar-refractivity contribution < 1.29 is 17.2 Å². The number of halogens is 3. The summed E-state index contributed by atoms with van der Waals surface area (Å²) in [5.74, 6) is -3.25. The number of hydrogen-bond donors (Lipinski definition) is 2. The Morgan fingerprint density at radius 3 is 2.33 bits per heavy atom. The molecule has 0 saturated heterocycles. The van der Waals surface area contributed by atoms with Crippen molar-refractivity contribution in [3.05, 3.63) is 35.9 Å². The summed E-state index contributed by atoms with van der Waals surface area (Å²) < 4.78 is 52.9. The second-order valence-corrected chi connectivity index (χ2v) is 6.05. The summed E-state index contributed by atoms with van der Waals surface area (Å²) in [5, 5.41) is 0. The van der Waals surface area contributed by atoms with Crippen LogP contribution in [0.15, 0.2) is 30.3 Å². The Hall–Kier alpha value is -0.800. The van der Waals surface area contributed by atoms with Crippen molar-refractivity contribution in [3.63, 3.8) is 0 Å². The first-order valence-electron chi connectivity index (χ1n) is 6.17. The third-order valence-electron chi connectivity index (χ3n) is 2.71. The molecule has 0 aliphatic rings. The van der Waals surface area contributed by atoms with Crippen LogP contribution in [0.2, 0.25) is 0 Å². The number of nitrogens with one attached hydrogen (secondary N) is 1. The fraction of sp³-hybridized carbons (Fsp3) is 0.500. The maximum atomic E-state index is 13.0. The van der Waals surface area contributed by atoms with E-state index in [0.717, 1.165) is 9.87 Å². The third kappa shape index (κ3) is 6.66. The van der Waals surface area contributed by atoms with Gasteiger partial charge in [-0.05, 0) is 5.56 Å². The van der Waals surface area contributed by atoms with E-state index in [1.54, 1.807) is 31.2 Å². The molecule has 0 radical (unpaired) electrons. The van der Waals surface area contributed by atoms with Crippen LogP contribution in [-0.2, 0) is 16.8 Å². The van der Waals surface area contributed by atoms with Crippen LogP contribution in [0.3, 0.4) is 0 Å². The van der Waals surface area contributed by atoms with Crippen molar-refractivity contribution in [2.24, 2.45) is 5.73 Å². The van der Waals surface area contributed by atoms with E-state index < -0.39 is 29.2 Å². The fourth-order valence-corrected chi connectivity index (χ4v) is 2.75. The molecule has 1 aromatic carbocycles. The zero-order valence-corrected chi connectivity index (χ0v) is 13.3. The average Bonchev–Trinajstić information content (AvgIpc) is 2.44. The second-order valence-electron chi connectivity index (χ2n) is 4.30. The van der Waals surface area contributed by atoms with Gasteiger partial charge in [-0.2, -0.15) is 17.4 Å². The zero-order chi connectivity index (χ0) is 15.2. The third-order valence-corrected chi connectivity index (χ3v) is 4.28. The highest BCUT2D eigenvalue weighted by Gasteiger charge is 2.30. The summed E-state index contributed by atoms with van der Waals surface area (Å²) in [7, 11) is -3.97. The Morgan fingerprint density at radius 2 is 1.86 bits per heavy atom. The molecule has 0 fully saturated rings. The van der Waals surface area contributed by atoms with Gasteiger partial charge in [-0.15, -0.1) is 12.4 Å². The monoisotopic (exact) mass is 343 g/mol. The predicted octanol–water partition coefficient (Wildman–Crippen LogP) is 1.36. The first-order chi connectivity index (χ1) is 9.30. The van der Waals surface area contributed by atoms with Gasteiger partial charge in [0.2, 0.25) is 0 Å². The molecule has 0 heterocycles. The number of benzene rings is 1. The van der Waals surface area contributed by atoms with E-state index >= 15 is 0 Å². The summed E-state index contributed by atoms with van der Waals surface area (Å²) in [5.41, 5.74) is 5.65. The van der Waals surface area contributed by atoms with Gasteiger partial charge in [0.25, 0.3) is 16.1 Å². The van der Waals surface area contributed by atoms with Gasteiger partial charge in [-0.25, -0.2) is 8.78 Å². The highest BCUT2D eigenvalue weighted by molar-refractivity contribution is 7.87. The number of rotatable bonds is 8. The van der Waals surface area contributed by atoms with Gasteiger partial charge < -0.3 is 5.73 Å². The lowest BCUT2D eigenvalue weighted by Crippen LogP contribution is -2.47.